The van der Waals surface area contributed by atoms with Crippen LogP contribution in [-0.2, 0) is 20.1 Å². The quantitative estimate of drug-likeness (QED) is 0.482. The Bertz CT molecular complexity index is 1410. The van der Waals surface area contributed by atoms with E-state index < -0.39 is 11.2 Å². The Kier molecular flexibility index (Phi) is 5.07. The summed E-state index contributed by atoms with van der Waals surface area (Å²) in [5, 5.41) is 5.36. The first-order valence-corrected chi connectivity index (χ1v) is 10.2. The molecule has 0 amide bonds. The summed E-state index contributed by atoms with van der Waals surface area (Å²) in [6.07, 6.45) is 0. The molecular formula is C20H20Cl2N6O2. The molecule has 0 saturated carbocycles. The largest absolute Gasteiger partial charge is 0.332 e. The third-order valence-corrected chi connectivity index (χ3v) is 5.66. The van der Waals surface area contributed by atoms with Gasteiger partial charge in [-0.3, -0.25) is 13.9 Å². The highest BCUT2D eigenvalue weighted by Crippen LogP contribution is 2.22. The molecule has 0 N–H and O–H groups in total. The van der Waals surface area contributed by atoms with E-state index in [1.54, 1.807) is 34.5 Å². The summed E-state index contributed by atoms with van der Waals surface area (Å²) in [5.41, 5.74) is 2.10. The van der Waals surface area contributed by atoms with E-state index >= 15 is 0 Å². The number of aromatic nitrogens is 6. The van der Waals surface area contributed by atoms with Crippen LogP contribution in [0.5, 0.6) is 0 Å². The molecule has 0 aliphatic rings. The first-order chi connectivity index (χ1) is 14.2. The van der Waals surface area contributed by atoms with Crippen molar-refractivity contribution in [3.63, 3.8) is 0 Å². The Hall–Kier alpha value is -2.84. The van der Waals surface area contributed by atoms with E-state index in [1.807, 2.05) is 26.8 Å². The van der Waals surface area contributed by atoms with Crippen LogP contribution in [0.2, 0.25) is 10.0 Å². The Morgan fingerprint density at radius 2 is 1.80 bits per heavy atom. The first kappa shape index (κ1) is 20.4. The predicted octanol–water partition coefficient (Wildman–Crippen LogP) is 3.07. The van der Waals surface area contributed by atoms with Crippen LogP contribution >= 0.6 is 23.2 Å². The molecule has 0 atom stereocenters. The van der Waals surface area contributed by atoms with E-state index in [1.165, 1.54) is 4.57 Å². The van der Waals surface area contributed by atoms with Crippen molar-refractivity contribution in [2.45, 2.75) is 33.9 Å². The summed E-state index contributed by atoms with van der Waals surface area (Å²) in [6.45, 7) is 6.24. The number of imidazole rings is 1. The number of rotatable bonds is 4. The maximum absolute atomic E-state index is 13.4. The van der Waals surface area contributed by atoms with Crippen molar-refractivity contribution in [3.05, 3.63) is 72.1 Å². The molecule has 30 heavy (non-hydrogen) atoms. The second-order valence-corrected chi connectivity index (χ2v) is 7.98. The molecule has 1 aromatic carbocycles. The van der Waals surface area contributed by atoms with Crippen LogP contribution in [0.15, 0.2) is 33.9 Å². The fraction of sp³-hybridized carbons (Fsp3) is 0.300. The van der Waals surface area contributed by atoms with Gasteiger partial charge in [-0.1, -0.05) is 29.3 Å². The molecule has 4 rings (SSSR count). The van der Waals surface area contributed by atoms with E-state index in [-0.39, 0.29) is 6.54 Å². The molecule has 0 spiro atoms. The van der Waals surface area contributed by atoms with Gasteiger partial charge < -0.3 is 4.57 Å². The highest BCUT2D eigenvalue weighted by molar-refractivity contribution is 6.35. The third-order valence-electron chi connectivity index (χ3n) is 5.07. The van der Waals surface area contributed by atoms with Gasteiger partial charge in [-0.05, 0) is 44.5 Å². The van der Waals surface area contributed by atoms with E-state index in [4.69, 9.17) is 23.2 Å². The number of hydrogen-bond acceptors (Lipinski definition) is 4. The average Bonchev–Trinajstić information content (AvgIpc) is 3.24. The number of benzene rings is 1. The Morgan fingerprint density at radius 3 is 2.40 bits per heavy atom. The summed E-state index contributed by atoms with van der Waals surface area (Å²) in [6, 6.07) is 6.90. The van der Waals surface area contributed by atoms with Crippen LogP contribution < -0.4 is 11.2 Å². The lowest BCUT2D eigenvalue weighted by atomic mass is 10.2. The number of hydrogen-bond donors (Lipinski definition) is 0. The van der Waals surface area contributed by atoms with E-state index in [9.17, 15) is 9.59 Å². The molecule has 0 fully saturated rings. The average molecular weight is 447 g/mol. The zero-order valence-corrected chi connectivity index (χ0v) is 18.5. The van der Waals surface area contributed by atoms with Gasteiger partial charge >= 0.3 is 5.69 Å². The Morgan fingerprint density at radius 1 is 1.07 bits per heavy atom. The molecule has 0 bridgehead atoms. The van der Waals surface area contributed by atoms with Crippen molar-refractivity contribution in [3.8, 4) is 5.95 Å². The second kappa shape index (κ2) is 7.45. The molecule has 0 radical (unpaired) electrons. The summed E-state index contributed by atoms with van der Waals surface area (Å²) in [5.74, 6) is 0.493. The molecule has 0 aliphatic heterocycles. The zero-order chi connectivity index (χ0) is 21.7. The van der Waals surface area contributed by atoms with Gasteiger partial charge in [-0.2, -0.15) is 10.1 Å². The van der Waals surface area contributed by atoms with Crippen molar-refractivity contribution in [1.29, 1.82) is 0 Å². The normalized spacial score (nSPS) is 11.5. The monoisotopic (exact) mass is 446 g/mol. The smallest absolute Gasteiger partial charge is 0.303 e. The number of fused-ring (bicyclic) bond motifs is 1. The lowest BCUT2D eigenvalue weighted by Crippen LogP contribution is -2.40. The topological polar surface area (TPSA) is 79.6 Å². The van der Waals surface area contributed by atoms with Gasteiger partial charge in [-0.25, -0.2) is 9.48 Å². The van der Waals surface area contributed by atoms with Crippen molar-refractivity contribution < 1.29 is 0 Å². The SMILES string of the molecule is CCn1c(-n2nc(C)cc2C)nc2c1c(=O)n(Cc1ccc(Cl)cc1Cl)c(=O)n2C. The Balaban J connectivity index is 2.00. The number of aryl methyl sites for hydroxylation is 4. The minimum Gasteiger partial charge on any atom is -0.303 e. The van der Waals surface area contributed by atoms with E-state index in [2.05, 4.69) is 10.1 Å². The zero-order valence-electron chi connectivity index (χ0n) is 17.0. The van der Waals surface area contributed by atoms with Gasteiger partial charge in [0.2, 0.25) is 5.95 Å². The van der Waals surface area contributed by atoms with Crippen LogP contribution in [0.1, 0.15) is 23.9 Å². The lowest BCUT2D eigenvalue weighted by molar-refractivity contribution is 0.649. The fourth-order valence-corrected chi connectivity index (χ4v) is 4.08. The van der Waals surface area contributed by atoms with Crippen LogP contribution in [-0.4, -0.2) is 28.5 Å². The van der Waals surface area contributed by atoms with Gasteiger partial charge in [0.25, 0.3) is 5.56 Å². The fourth-order valence-electron chi connectivity index (χ4n) is 3.61. The van der Waals surface area contributed by atoms with Crippen molar-refractivity contribution in [1.82, 2.24) is 28.5 Å². The maximum atomic E-state index is 13.4. The number of halogens is 2. The highest BCUT2D eigenvalue weighted by Gasteiger charge is 2.22. The van der Waals surface area contributed by atoms with Crippen molar-refractivity contribution in [2.24, 2.45) is 7.05 Å². The van der Waals surface area contributed by atoms with Crippen LogP contribution in [0.4, 0.5) is 0 Å². The minimum absolute atomic E-state index is 0.0293. The first-order valence-electron chi connectivity index (χ1n) is 9.40. The molecule has 8 nitrogen and oxygen atoms in total. The third kappa shape index (κ3) is 3.16. The minimum atomic E-state index is -0.473. The van der Waals surface area contributed by atoms with E-state index in [0.29, 0.717) is 39.3 Å². The number of nitrogens with zero attached hydrogens (tertiary/aromatic N) is 6. The van der Waals surface area contributed by atoms with Gasteiger partial charge in [0.15, 0.2) is 11.2 Å². The van der Waals surface area contributed by atoms with Crippen molar-refractivity contribution >= 4 is 34.4 Å². The standard InChI is InChI=1S/C20H20Cl2N6O2/c1-5-26-16-17(23-19(26)28-12(3)8-11(2)24-28)25(4)20(30)27(18(16)29)10-13-6-7-14(21)9-15(13)22/h6-9H,5,10H2,1-4H3. The summed E-state index contributed by atoms with van der Waals surface area (Å²) in [7, 11) is 1.60. The van der Waals surface area contributed by atoms with Gasteiger partial charge in [0.1, 0.15) is 0 Å². The second-order valence-electron chi connectivity index (χ2n) is 7.14. The van der Waals surface area contributed by atoms with Gasteiger partial charge in [0.05, 0.1) is 12.2 Å². The molecular weight excluding hydrogens is 427 g/mol. The van der Waals surface area contributed by atoms with Gasteiger partial charge in [0, 0.05) is 29.3 Å². The van der Waals surface area contributed by atoms with Gasteiger partial charge in [-0.15, -0.1) is 0 Å². The lowest BCUT2D eigenvalue weighted by Gasteiger charge is -2.11. The molecule has 0 saturated heterocycles. The molecule has 4 aromatic rings. The van der Waals surface area contributed by atoms with Crippen molar-refractivity contribution in [2.75, 3.05) is 0 Å². The summed E-state index contributed by atoms with van der Waals surface area (Å²) in [4.78, 5) is 31.0. The summed E-state index contributed by atoms with van der Waals surface area (Å²) >= 11 is 12.2. The van der Waals surface area contributed by atoms with Crippen LogP contribution in [0.25, 0.3) is 17.1 Å². The molecule has 156 valence electrons. The maximum Gasteiger partial charge on any atom is 0.332 e. The summed E-state index contributed by atoms with van der Waals surface area (Å²) < 4.78 is 6.00. The molecule has 0 aliphatic carbocycles. The molecule has 10 heteroatoms. The highest BCUT2D eigenvalue weighted by atomic mass is 35.5. The predicted molar refractivity (Wildman–Crippen MR) is 117 cm³/mol. The molecule has 3 aromatic heterocycles. The van der Waals surface area contributed by atoms with E-state index in [0.717, 1.165) is 16.0 Å². The molecule has 0 unspecified atom stereocenters. The van der Waals surface area contributed by atoms with Crippen LogP contribution in [0, 0.1) is 13.8 Å². The Labute approximate surface area is 181 Å². The molecule has 3 heterocycles. The van der Waals surface area contributed by atoms with Crippen LogP contribution in [0.3, 0.4) is 0 Å².